The number of rotatable bonds is 4. The molecule has 0 aliphatic carbocycles. The molecule has 0 unspecified atom stereocenters. The van der Waals surface area contributed by atoms with Gasteiger partial charge >= 0.3 is 5.97 Å². The van der Waals surface area contributed by atoms with E-state index in [2.05, 4.69) is 11.1 Å². The van der Waals surface area contributed by atoms with Crippen LogP contribution in [0.5, 0.6) is 0 Å². The number of hydrogen-bond donors (Lipinski definition) is 1. The van der Waals surface area contributed by atoms with E-state index in [0.29, 0.717) is 19.2 Å². The van der Waals surface area contributed by atoms with E-state index in [4.69, 9.17) is 14.3 Å². The minimum Gasteiger partial charge on any atom is -0.476 e. The van der Waals surface area contributed by atoms with Crippen molar-refractivity contribution in [3.8, 4) is 0 Å². The van der Waals surface area contributed by atoms with Crippen LogP contribution in [0.3, 0.4) is 0 Å². The van der Waals surface area contributed by atoms with Crippen molar-refractivity contribution in [3.63, 3.8) is 0 Å². The fraction of sp³-hybridized carbons (Fsp3) is 0.455. The molecule has 17 heavy (non-hydrogen) atoms. The van der Waals surface area contributed by atoms with Gasteiger partial charge in [0.2, 0.25) is 0 Å². The Bertz CT molecular complexity index is 438. The maximum Gasteiger partial charge on any atom is 0.357 e. The van der Waals surface area contributed by atoms with Gasteiger partial charge in [-0.1, -0.05) is 6.08 Å². The molecular weight excluding hydrogens is 224 g/mol. The van der Waals surface area contributed by atoms with Crippen LogP contribution in [0.2, 0.25) is 0 Å². The highest BCUT2D eigenvalue weighted by molar-refractivity contribution is 5.85. The zero-order valence-electron chi connectivity index (χ0n) is 9.55. The predicted molar refractivity (Wildman–Crippen MR) is 60.3 cm³/mol. The van der Waals surface area contributed by atoms with Crippen molar-refractivity contribution >= 4 is 12.0 Å². The Labute approximate surface area is 98.5 Å². The number of carboxylic acids is 1. The van der Waals surface area contributed by atoms with Crippen LogP contribution in [0.1, 0.15) is 16.9 Å². The normalized spacial score (nSPS) is 15.8. The summed E-state index contributed by atoms with van der Waals surface area (Å²) in [5.41, 5.74) is 1.18. The number of aromatic carboxylic acids is 1. The van der Waals surface area contributed by atoms with E-state index < -0.39 is 5.97 Å². The summed E-state index contributed by atoms with van der Waals surface area (Å²) in [4.78, 5) is 16.5. The Balaban J connectivity index is 2.02. The smallest absolute Gasteiger partial charge is 0.357 e. The zero-order valence-corrected chi connectivity index (χ0v) is 9.55. The van der Waals surface area contributed by atoms with E-state index in [1.807, 2.05) is 4.90 Å². The van der Waals surface area contributed by atoms with Crippen molar-refractivity contribution in [2.75, 3.05) is 31.7 Å². The maximum atomic E-state index is 10.7. The lowest BCUT2D eigenvalue weighted by Gasteiger charge is -2.24. The van der Waals surface area contributed by atoms with Gasteiger partial charge in [0.1, 0.15) is 6.26 Å². The van der Waals surface area contributed by atoms with Crippen LogP contribution in [0.25, 0.3) is 0 Å². The molecule has 92 valence electrons. The molecule has 0 saturated heterocycles. The lowest BCUT2D eigenvalue weighted by molar-refractivity contribution is 0.0690. The van der Waals surface area contributed by atoms with Crippen LogP contribution < -0.4 is 4.90 Å². The Kier molecular flexibility index (Phi) is 3.43. The minimum atomic E-state index is -1.08. The summed E-state index contributed by atoms with van der Waals surface area (Å²) in [6.45, 7) is 2.06. The fourth-order valence-electron chi connectivity index (χ4n) is 1.71. The Morgan fingerprint density at radius 3 is 3.06 bits per heavy atom. The van der Waals surface area contributed by atoms with Crippen LogP contribution >= 0.6 is 0 Å². The largest absolute Gasteiger partial charge is 0.476 e. The van der Waals surface area contributed by atoms with E-state index in [0.717, 1.165) is 19.2 Å². The van der Waals surface area contributed by atoms with Gasteiger partial charge in [-0.25, -0.2) is 4.79 Å². The van der Waals surface area contributed by atoms with Crippen LogP contribution in [-0.4, -0.2) is 42.9 Å². The van der Waals surface area contributed by atoms with Crippen molar-refractivity contribution in [2.24, 2.45) is 0 Å². The molecule has 6 nitrogen and oxygen atoms in total. The minimum absolute atomic E-state index is 0.0633. The van der Waals surface area contributed by atoms with Crippen LogP contribution in [0.15, 0.2) is 22.3 Å². The number of aromatic nitrogens is 1. The zero-order chi connectivity index (χ0) is 12.3. The molecule has 0 aromatic carbocycles. The quantitative estimate of drug-likeness (QED) is 0.793. The molecule has 0 fully saturated rings. The molecule has 1 aromatic heterocycles. The first-order valence-electron chi connectivity index (χ1n) is 5.31. The van der Waals surface area contributed by atoms with Gasteiger partial charge in [-0.05, 0) is 12.0 Å². The molecule has 0 atom stereocenters. The van der Waals surface area contributed by atoms with E-state index in [-0.39, 0.29) is 5.69 Å². The van der Waals surface area contributed by atoms with Crippen molar-refractivity contribution < 1.29 is 19.1 Å². The number of nitrogens with zero attached hydrogens (tertiary/aromatic N) is 2. The summed E-state index contributed by atoms with van der Waals surface area (Å²) in [6.07, 6.45) is 4.09. The van der Waals surface area contributed by atoms with E-state index >= 15 is 0 Å². The van der Waals surface area contributed by atoms with Gasteiger partial charge < -0.3 is 19.2 Å². The third-order valence-electron chi connectivity index (χ3n) is 2.61. The van der Waals surface area contributed by atoms with Crippen molar-refractivity contribution in [3.05, 3.63) is 23.6 Å². The molecule has 0 radical (unpaired) electrons. The molecule has 0 spiro atoms. The van der Waals surface area contributed by atoms with Crippen LogP contribution in [-0.2, 0) is 4.74 Å². The van der Waals surface area contributed by atoms with Gasteiger partial charge in [0.05, 0.1) is 6.61 Å². The van der Waals surface area contributed by atoms with Gasteiger partial charge in [-0.3, -0.25) is 0 Å². The Hall–Kier alpha value is -1.82. The van der Waals surface area contributed by atoms with Crippen molar-refractivity contribution in [1.82, 2.24) is 4.98 Å². The molecule has 2 heterocycles. The summed E-state index contributed by atoms with van der Waals surface area (Å²) >= 11 is 0. The van der Waals surface area contributed by atoms with E-state index in [9.17, 15) is 4.79 Å². The van der Waals surface area contributed by atoms with E-state index in [1.54, 1.807) is 7.11 Å². The molecular formula is C11H14N2O4. The first-order chi connectivity index (χ1) is 8.20. The third kappa shape index (κ3) is 2.65. The molecule has 1 N–H and O–H groups in total. The number of carbonyl (C=O) groups is 1. The molecule has 1 aromatic rings. The summed E-state index contributed by atoms with van der Waals surface area (Å²) in [7, 11) is 1.67. The molecule has 0 bridgehead atoms. The summed E-state index contributed by atoms with van der Waals surface area (Å²) in [5.74, 6) is -1.08. The monoisotopic (exact) mass is 238 g/mol. The number of carboxylic acid groups (broad SMARTS) is 1. The number of ether oxygens (including phenoxy) is 1. The first kappa shape index (κ1) is 11.7. The number of methoxy groups -OCH3 is 1. The second-order valence-electron chi connectivity index (χ2n) is 3.81. The second-order valence-corrected chi connectivity index (χ2v) is 3.81. The highest BCUT2D eigenvalue weighted by Gasteiger charge is 2.18. The Morgan fingerprint density at radius 2 is 2.53 bits per heavy atom. The van der Waals surface area contributed by atoms with Gasteiger partial charge in [0, 0.05) is 20.2 Å². The lowest BCUT2D eigenvalue weighted by Crippen LogP contribution is -2.29. The van der Waals surface area contributed by atoms with Crippen molar-refractivity contribution in [2.45, 2.75) is 6.42 Å². The molecule has 2 rings (SSSR count). The molecule has 1 aliphatic heterocycles. The average Bonchev–Trinajstić information content (AvgIpc) is 2.80. The molecule has 6 heteroatoms. The summed E-state index contributed by atoms with van der Waals surface area (Å²) in [6, 6.07) is 0.357. The van der Waals surface area contributed by atoms with Gasteiger partial charge in [-0.15, -0.1) is 0 Å². The third-order valence-corrected chi connectivity index (χ3v) is 2.61. The van der Waals surface area contributed by atoms with Gasteiger partial charge in [0.15, 0.2) is 5.69 Å². The Morgan fingerprint density at radius 1 is 1.71 bits per heavy atom. The summed E-state index contributed by atoms with van der Waals surface area (Å²) in [5, 5.41) is 8.74. The lowest BCUT2D eigenvalue weighted by atomic mass is 10.1. The van der Waals surface area contributed by atoms with Crippen LogP contribution in [0.4, 0.5) is 6.01 Å². The average molecular weight is 238 g/mol. The molecule has 1 aliphatic rings. The molecule has 0 saturated carbocycles. The molecule has 0 amide bonds. The topological polar surface area (TPSA) is 75.8 Å². The fourth-order valence-corrected chi connectivity index (χ4v) is 1.71. The first-order valence-corrected chi connectivity index (χ1v) is 5.31. The standard InChI is InChI=1S/C11H14N2O4/c1-16-6-8-2-4-13(5-3-8)11-12-9(7-17-11)10(14)15/h2,7H,3-6H2,1H3,(H,14,15). The highest BCUT2D eigenvalue weighted by Crippen LogP contribution is 2.19. The predicted octanol–water partition coefficient (Wildman–Crippen LogP) is 1.16. The van der Waals surface area contributed by atoms with E-state index in [1.165, 1.54) is 5.57 Å². The maximum absolute atomic E-state index is 10.7. The number of oxazole rings is 1. The van der Waals surface area contributed by atoms with Crippen LogP contribution in [0, 0.1) is 0 Å². The SMILES string of the molecule is COCC1=CCN(c2nc(C(=O)O)co2)CC1. The number of hydrogen-bond acceptors (Lipinski definition) is 5. The van der Waals surface area contributed by atoms with Crippen molar-refractivity contribution in [1.29, 1.82) is 0 Å². The number of anilines is 1. The highest BCUT2D eigenvalue weighted by atomic mass is 16.5. The summed E-state index contributed by atoms with van der Waals surface area (Å²) < 4.78 is 10.2. The second kappa shape index (κ2) is 5.01. The van der Waals surface area contributed by atoms with Gasteiger partial charge in [0.25, 0.3) is 6.01 Å². The van der Waals surface area contributed by atoms with Gasteiger partial charge in [-0.2, -0.15) is 4.98 Å².